The number of hydrogen-bond donors (Lipinski definition) is 2. The summed E-state index contributed by atoms with van der Waals surface area (Å²) in [6.45, 7) is 7.32. The van der Waals surface area contributed by atoms with Crippen LogP contribution in [0.3, 0.4) is 0 Å². The van der Waals surface area contributed by atoms with Gasteiger partial charge in [-0.05, 0) is 33.7 Å². The van der Waals surface area contributed by atoms with E-state index in [0.717, 1.165) is 6.42 Å². The Morgan fingerprint density at radius 3 is 2.81 bits per heavy atom. The fourth-order valence-corrected chi connectivity index (χ4v) is 1.68. The molecule has 0 aliphatic carbocycles. The molecule has 0 aromatic heterocycles. The van der Waals surface area contributed by atoms with Crippen molar-refractivity contribution in [2.45, 2.75) is 38.8 Å². The average Bonchev–Trinajstić information content (AvgIpc) is 2.15. The van der Waals surface area contributed by atoms with E-state index >= 15 is 0 Å². The van der Waals surface area contributed by atoms with Gasteiger partial charge in [0, 0.05) is 18.6 Å². The molecule has 94 valence electrons. The Labute approximate surface area is 96.7 Å². The zero-order valence-electron chi connectivity index (χ0n) is 10.3. The Kier molecular flexibility index (Phi) is 4.56. The first kappa shape index (κ1) is 13.3. The highest BCUT2D eigenvalue weighted by Gasteiger charge is 2.27. The summed E-state index contributed by atoms with van der Waals surface area (Å²) in [5, 5.41) is 2.86. The van der Waals surface area contributed by atoms with Crippen LogP contribution in [-0.2, 0) is 9.47 Å². The van der Waals surface area contributed by atoms with Crippen molar-refractivity contribution in [3.63, 3.8) is 0 Å². The van der Waals surface area contributed by atoms with Gasteiger partial charge in [0.2, 0.25) is 0 Å². The number of rotatable bonds is 2. The van der Waals surface area contributed by atoms with E-state index in [1.807, 2.05) is 20.8 Å². The van der Waals surface area contributed by atoms with Crippen molar-refractivity contribution in [3.05, 3.63) is 0 Å². The van der Waals surface area contributed by atoms with Crippen LogP contribution >= 0.6 is 0 Å². The van der Waals surface area contributed by atoms with Crippen molar-refractivity contribution in [2.24, 2.45) is 11.7 Å². The highest BCUT2D eigenvalue weighted by Crippen LogP contribution is 2.14. The van der Waals surface area contributed by atoms with Crippen molar-refractivity contribution in [1.82, 2.24) is 5.32 Å². The van der Waals surface area contributed by atoms with Gasteiger partial charge in [0.25, 0.3) is 0 Å². The topological polar surface area (TPSA) is 73.6 Å². The van der Waals surface area contributed by atoms with E-state index in [1.54, 1.807) is 0 Å². The molecule has 1 heterocycles. The van der Waals surface area contributed by atoms with Crippen LogP contribution in [0.2, 0.25) is 0 Å². The van der Waals surface area contributed by atoms with E-state index in [1.165, 1.54) is 0 Å². The predicted molar refractivity (Wildman–Crippen MR) is 61.1 cm³/mol. The Morgan fingerprint density at radius 2 is 2.25 bits per heavy atom. The first-order chi connectivity index (χ1) is 7.42. The number of nitrogens with one attached hydrogen (secondary N) is 1. The highest BCUT2D eigenvalue weighted by molar-refractivity contribution is 5.68. The molecule has 1 amide bonds. The molecule has 0 spiro atoms. The van der Waals surface area contributed by atoms with E-state index in [4.69, 9.17) is 15.2 Å². The lowest BCUT2D eigenvalue weighted by molar-refractivity contribution is 0.0201. The summed E-state index contributed by atoms with van der Waals surface area (Å²) in [5.74, 6) is 0.182. The fourth-order valence-electron chi connectivity index (χ4n) is 1.68. The van der Waals surface area contributed by atoms with Gasteiger partial charge in [0.15, 0.2) is 0 Å². The van der Waals surface area contributed by atoms with Crippen LogP contribution in [-0.4, -0.2) is 37.5 Å². The molecule has 1 fully saturated rings. The van der Waals surface area contributed by atoms with Crippen LogP contribution in [0, 0.1) is 5.92 Å². The quantitative estimate of drug-likeness (QED) is 0.738. The maximum atomic E-state index is 11.6. The second kappa shape index (κ2) is 5.50. The number of nitrogens with two attached hydrogens (primary N) is 1. The summed E-state index contributed by atoms with van der Waals surface area (Å²) in [6.07, 6.45) is 0.416. The molecular weight excluding hydrogens is 208 g/mol. The third kappa shape index (κ3) is 4.37. The van der Waals surface area contributed by atoms with Crippen LogP contribution in [0.1, 0.15) is 27.2 Å². The molecule has 0 saturated carbocycles. The summed E-state index contributed by atoms with van der Waals surface area (Å²) >= 11 is 0. The second-order valence-corrected chi connectivity index (χ2v) is 5.11. The molecule has 3 N–H and O–H groups in total. The van der Waals surface area contributed by atoms with Gasteiger partial charge in [0.1, 0.15) is 5.60 Å². The van der Waals surface area contributed by atoms with E-state index in [0.29, 0.717) is 19.8 Å². The second-order valence-electron chi connectivity index (χ2n) is 5.11. The molecule has 1 aliphatic rings. The van der Waals surface area contributed by atoms with Gasteiger partial charge in [-0.15, -0.1) is 0 Å². The summed E-state index contributed by atoms with van der Waals surface area (Å²) in [5.41, 5.74) is 5.16. The third-order valence-electron chi connectivity index (χ3n) is 2.48. The first-order valence-corrected chi connectivity index (χ1v) is 5.69. The highest BCUT2D eigenvalue weighted by atomic mass is 16.6. The van der Waals surface area contributed by atoms with Gasteiger partial charge < -0.3 is 20.5 Å². The number of amides is 1. The summed E-state index contributed by atoms with van der Waals surface area (Å²) in [7, 11) is 0. The van der Waals surface area contributed by atoms with Crippen LogP contribution in [0.5, 0.6) is 0 Å². The number of carbonyl (C=O) groups excluding carboxylic acids is 1. The number of carbonyl (C=O) groups is 1. The minimum Gasteiger partial charge on any atom is -0.444 e. The monoisotopic (exact) mass is 230 g/mol. The van der Waals surface area contributed by atoms with E-state index in [9.17, 15) is 4.79 Å². The molecule has 5 nitrogen and oxygen atoms in total. The van der Waals surface area contributed by atoms with Crippen LogP contribution in [0.15, 0.2) is 0 Å². The summed E-state index contributed by atoms with van der Waals surface area (Å²) in [4.78, 5) is 11.6. The Balaban J connectivity index is 2.42. The Bertz CT molecular complexity index is 238. The number of alkyl carbamates (subject to hydrolysis) is 1. The van der Waals surface area contributed by atoms with Gasteiger partial charge in [-0.1, -0.05) is 0 Å². The molecule has 0 bridgehead atoms. The van der Waals surface area contributed by atoms with Gasteiger partial charge in [-0.3, -0.25) is 0 Å². The standard InChI is InChI=1S/C11H22N2O3/c1-11(2,3)16-10(14)13-9-4-5-15-7-8(9)6-12/h8-9H,4-7,12H2,1-3H3,(H,13,14)/t8-,9+/m0/s1. The molecule has 0 radical (unpaired) electrons. The van der Waals surface area contributed by atoms with Gasteiger partial charge in [0.05, 0.1) is 6.61 Å². The van der Waals surface area contributed by atoms with Crippen LogP contribution in [0.25, 0.3) is 0 Å². The zero-order chi connectivity index (χ0) is 12.2. The molecule has 1 rings (SSSR count). The van der Waals surface area contributed by atoms with Crippen LogP contribution in [0.4, 0.5) is 4.79 Å². The fraction of sp³-hybridized carbons (Fsp3) is 0.909. The molecule has 2 atom stereocenters. The normalized spacial score (nSPS) is 26.2. The molecule has 1 saturated heterocycles. The predicted octanol–water partition coefficient (Wildman–Crippen LogP) is 0.875. The first-order valence-electron chi connectivity index (χ1n) is 5.69. The zero-order valence-corrected chi connectivity index (χ0v) is 10.3. The van der Waals surface area contributed by atoms with Crippen molar-refractivity contribution < 1.29 is 14.3 Å². The van der Waals surface area contributed by atoms with E-state index in [-0.39, 0.29) is 18.1 Å². The SMILES string of the molecule is CC(C)(C)OC(=O)N[C@@H]1CCOC[C@@H]1CN. The maximum absolute atomic E-state index is 11.6. The lowest BCUT2D eigenvalue weighted by Crippen LogP contribution is -2.49. The van der Waals surface area contributed by atoms with E-state index < -0.39 is 5.60 Å². The molecular formula is C11H22N2O3. The largest absolute Gasteiger partial charge is 0.444 e. The molecule has 0 aromatic rings. The molecule has 0 unspecified atom stereocenters. The van der Waals surface area contributed by atoms with E-state index in [2.05, 4.69) is 5.32 Å². The summed E-state index contributed by atoms with van der Waals surface area (Å²) in [6, 6.07) is 0.0635. The summed E-state index contributed by atoms with van der Waals surface area (Å²) < 4.78 is 10.5. The van der Waals surface area contributed by atoms with Gasteiger partial charge >= 0.3 is 6.09 Å². The Hall–Kier alpha value is -0.810. The van der Waals surface area contributed by atoms with Gasteiger partial charge in [-0.25, -0.2) is 4.79 Å². The van der Waals surface area contributed by atoms with Crippen LogP contribution < -0.4 is 11.1 Å². The Morgan fingerprint density at radius 1 is 1.56 bits per heavy atom. The van der Waals surface area contributed by atoms with Crippen molar-refractivity contribution in [2.75, 3.05) is 19.8 Å². The maximum Gasteiger partial charge on any atom is 0.407 e. The lowest BCUT2D eigenvalue weighted by Gasteiger charge is -2.32. The third-order valence-corrected chi connectivity index (χ3v) is 2.48. The average molecular weight is 230 g/mol. The smallest absolute Gasteiger partial charge is 0.407 e. The molecule has 0 aromatic carbocycles. The minimum absolute atomic E-state index is 0.0635. The van der Waals surface area contributed by atoms with Gasteiger partial charge in [-0.2, -0.15) is 0 Å². The van der Waals surface area contributed by atoms with Crippen molar-refractivity contribution in [3.8, 4) is 0 Å². The number of hydrogen-bond acceptors (Lipinski definition) is 4. The molecule has 5 heteroatoms. The molecule has 16 heavy (non-hydrogen) atoms. The van der Waals surface area contributed by atoms with Crippen molar-refractivity contribution >= 4 is 6.09 Å². The number of ether oxygens (including phenoxy) is 2. The minimum atomic E-state index is -0.465. The lowest BCUT2D eigenvalue weighted by atomic mass is 9.96. The molecule has 1 aliphatic heterocycles. The van der Waals surface area contributed by atoms with Crippen molar-refractivity contribution in [1.29, 1.82) is 0 Å².